The highest BCUT2D eigenvalue weighted by molar-refractivity contribution is 7.12. The van der Waals surface area contributed by atoms with Gasteiger partial charge < -0.3 is 24.1 Å². The van der Waals surface area contributed by atoms with Crippen LogP contribution in [0.15, 0.2) is 82.6 Å². The van der Waals surface area contributed by atoms with Crippen LogP contribution < -0.4 is 10.1 Å². The SMILES string of the molecule is COCCNC(=O)c1ccc(COc2ccc3c(c2)C(c2ccccc2)N(C(=O)c2cccs2)CC3)o1. The lowest BCUT2D eigenvalue weighted by Crippen LogP contribution is -2.40. The van der Waals surface area contributed by atoms with Crippen LogP contribution in [-0.4, -0.2) is 43.5 Å². The van der Waals surface area contributed by atoms with Gasteiger partial charge in [0.05, 0.1) is 17.5 Å². The first-order valence-electron chi connectivity index (χ1n) is 12.1. The molecule has 2 aromatic heterocycles. The van der Waals surface area contributed by atoms with Crippen LogP contribution in [0, 0.1) is 0 Å². The first kappa shape index (κ1) is 24.8. The van der Waals surface area contributed by atoms with Gasteiger partial charge in [-0.05, 0) is 58.8 Å². The molecule has 37 heavy (non-hydrogen) atoms. The van der Waals surface area contributed by atoms with E-state index in [0.29, 0.717) is 31.2 Å². The number of furan rings is 1. The van der Waals surface area contributed by atoms with Gasteiger partial charge in [-0.3, -0.25) is 9.59 Å². The van der Waals surface area contributed by atoms with Gasteiger partial charge in [0.2, 0.25) is 0 Å². The van der Waals surface area contributed by atoms with Crippen LogP contribution in [0.5, 0.6) is 5.75 Å². The van der Waals surface area contributed by atoms with E-state index in [-0.39, 0.29) is 30.2 Å². The van der Waals surface area contributed by atoms with E-state index in [1.807, 2.05) is 52.7 Å². The number of hydrogen-bond donors (Lipinski definition) is 1. The number of nitrogens with one attached hydrogen (secondary N) is 1. The lowest BCUT2D eigenvalue weighted by atomic mass is 9.88. The van der Waals surface area contributed by atoms with Gasteiger partial charge in [-0.15, -0.1) is 11.3 Å². The minimum absolute atomic E-state index is 0.0349. The minimum atomic E-state index is -0.293. The molecule has 190 valence electrons. The van der Waals surface area contributed by atoms with Crippen LogP contribution in [0.25, 0.3) is 0 Å². The largest absolute Gasteiger partial charge is 0.486 e. The normalized spacial score (nSPS) is 14.7. The molecular weight excluding hydrogens is 488 g/mol. The molecule has 5 rings (SSSR count). The Balaban J connectivity index is 1.36. The number of carbonyl (C=O) groups excluding carboxylic acids is 2. The number of thiophene rings is 1. The molecule has 0 radical (unpaired) electrons. The maximum atomic E-state index is 13.4. The van der Waals surface area contributed by atoms with Crippen LogP contribution >= 0.6 is 11.3 Å². The Hall–Kier alpha value is -3.88. The third-order valence-electron chi connectivity index (χ3n) is 6.31. The summed E-state index contributed by atoms with van der Waals surface area (Å²) in [4.78, 5) is 28.3. The van der Waals surface area contributed by atoms with Gasteiger partial charge in [0.15, 0.2) is 5.76 Å². The molecule has 2 amide bonds. The second-order valence-electron chi connectivity index (χ2n) is 8.70. The summed E-state index contributed by atoms with van der Waals surface area (Å²) in [5.74, 6) is 1.19. The zero-order valence-corrected chi connectivity index (χ0v) is 21.3. The van der Waals surface area contributed by atoms with E-state index in [1.54, 1.807) is 19.2 Å². The topological polar surface area (TPSA) is 81.0 Å². The Kier molecular flexibility index (Phi) is 7.67. The fourth-order valence-corrected chi connectivity index (χ4v) is 5.20. The van der Waals surface area contributed by atoms with E-state index in [0.717, 1.165) is 22.4 Å². The Bertz CT molecular complexity index is 1350. The van der Waals surface area contributed by atoms with Crippen LogP contribution in [0.3, 0.4) is 0 Å². The molecule has 1 aliphatic heterocycles. The minimum Gasteiger partial charge on any atom is -0.486 e. The number of fused-ring (bicyclic) bond motifs is 1. The maximum absolute atomic E-state index is 13.4. The average Bonchev–Trinajstić information content (AvgIpc) is 3.64. The maximum Gasteiger partial charge on any atom is 0.287 e. The Labute approximate surface area is 219 Å². The molecule has 0 saturated heterocycles. The number of ether oxygens (including phenoxy) is 2. The summed E-state index contributed by atoms with van der Waals surface area (Å²) in [6.45, 7) is 1.66. The van der Waals surface area contributed by atoms with E-state index in [4.69, 9.17) is 13.9 Å². The molecule has 0 spiro atoms. The molecule has 0 bridgehead atoms. The molecule has 1 aliphatic rings. The highest BCUT2D eigenvalue weighted by atomic mass is 32.1. The number of hydrogen-bond acceptors (Lipinski definition) is 6. The fourth-order valence-electron chi connectivity index (χ4n) is 4.52. The number of carbonyl (C=O) groups is 2. The summed E-state index contributed by atoms with van der Waals surface area (Å²) in [5, 5.41) is 4.66. The van der Waals surface area contributed by atoms with Crippen molar-refractivity contribution in [3.05, 3.63) is 111 Å². The summed E-state index contributed by atoms with van der Waals surface area (Å²) in [7, 11) is 1.58. The van der Waals surface area contributed by atoms with E-state index < -0.39 is 0 Å². The molecule has 0 saturated carbocycles. The number of amides is 2. The van der Waals surface area contributed by atoms with Crippen molar-refractivity contribution in [2.45, 2.75) is 19.1 Å². The van der Waals surface area contributed by atoms with Gasteiger partial charge in [0.25, 0.3) is 11.8 Å². The molecule has 2 aromatic carbocycles. The Morgan fingerprint density at radius 3 is 2.73 bits per heavy atom. The predicted molar refractivity (Wildman–Crippen MR) is 141 cm³/mol. The molecule has 0 fully saturated rings. The second kappa shape index (κ2) is 11.5. The molecule has 1 N–H and O–H groups in total. The van der Waals surface area contributed by atoms with Crippen LogP contribution in [0.4, 0.5) is 0 Å². The van der Waals surface area contributed by atoms with Crippen molar-refractivity contribution in [2.24, 2.45) is 0 Å². The van der Waals surface area contributed by atoms with Crippen molar-refractivity contribution < 1.29 is 23.5 Å². The van der Waals surface area contributed by atoms with Crippen LogP contribution in [-0.2, 0) is 17.8 Å². The highest BCUT2D eigenvalue weighted by Gasteiger charge is 2.33. The van der Waals surface area contributed by atoms with Gasteiger partial charge in [0, 0.05) is 20.2 Å². The zero-order chi connectivity index (χ0) is 25.6. The first-order valence-corrected chi connectivity index (χ1v) is 13.0. The quantitative estimate of drug-likeness (QED) is 0.314. The van der Waals surface area contributed by atoms with Crippen molar-refractivity contribution in [1.82, 2.24) is 10.2 Å². The second-order valence-corrected chi connectivity index (χ2v) is 9.65. The van der Waals surface area contributed by atoms with Crippen molar-refractivity contribution >= 4 is 23.2 Å². The van der Waals surface area contributed by atoms with Gasteiger partial charge in [-0.1, -0.05) is 42.5 Å². The lowest BCUT2D eigenvalue weighted by molar-refractivity contribution is 0.0699. The smallest absolute Gasteiger partial charge is 0.287 e. The number of methoxy groups -OCH3 is 1. The summed E-state index contributed by atoms with van der Waals surface area (Å²) >= 11 is 1.46. The zero-order valence-electron chi connectivity index (χ0n) is 20.5. The van der Waals surface area contributed by atoms with E-state index >= 15 is 0 Å². The average molecular weight is 517 g/mol. The molecule has 1 unspecified atom stereocenters. The van der Waals surface area contributed by atoms with E-state index in [9.17, 15) is 9.59 Å². The van der Waals surface area contributed by atoms with Crippen LogP contribution in [0.1, 0.15) is 48.7 Å². The van der Waals surface area contributed by atoms with Gasteiger partial charge >= 0.3 is 0 Å². The van der Waals surface area contributed by atoms with Crippen LogP contribution in [0.2, 0.25) is 0 Å². The number of benzene rings is 2. The van der Waals surface area contributed by atoms with Crippen molar-refractivity contribution in [1.29, 1.82) is 0 Å². The van der Waals surface area contributed by atoms with Gasteiger partial charge in [-0.25, -0.2) is 0 Å². The Morgan fingerprint density at radius 1 is 1.08 bits per heavy atom. The van der Waals surface area contributed by atoms with Gasteiger partial charge in [-0.2, -0.15) is 0 Å². The fraction of sp³-hybridized carbons (Fsp3) is 0.241. The van der Waals surface area contributed by atoms with E-state index in [2.05, 4.69) is 23.5 Å². The predicted octanol–water partition coefficient (Wildman–Crippen LogP) is 5.08. The standard InChI is InChI=1S/C29H28N2O5S/c1-34-16-14-30-28(32)25-12-11-23(36-25)19-35-22-10-9-20-13-15-31(29(33)26-8-5-17-37-26)27(24(20)18-22)21-6-3-2-4-7-21/h2-12,17-18,27H,13-16,19H2,1H3,(H,30,32). The highest BCUT2D eigenvalue weighted by Crippen LogP contribution is 2.38. The molecule has 1 atom stereocenters. The van der Waals surface area contributed by atoms with E-state index in [1.165, 1.54) is 16.9 Å². The number of nitrogens with zero attached hydrogens (tertiary/aromatic N) is 1. The summed E-state index contributed by atoms with van der Waals surface area (Å²) in [6.07, 6.45) is 0.774. The molecular formula is C29H28N2O5S. The third kappa shape index (κ3) is 5.60. The molecule has 3 heterocycles. The van der Waals surface area contributed by atoms with Crippen molar-refractivity contribution in [3.63, 3.8) is 0 Å². The molecule has 7 nitrogen and oxygen atoms in total. The monoisotopic (exact) mass is 516 g/mol. The summed E-state index contributed by atoms with van der Waals surface area (Å²) in [6, 6.07) is 23.1. The Morgan fingerprint density at radius 2 is 1.95 bits per heavy atom. The van der Waals surface area contributed by atoms with Crippen molar-refractivity contribution in [2.75, 3.05) is 26.8 Å². The third-order valence-corrected chi connectivity index (χ3v) is 7.17. The first-order chi connectivity index (χ1) is 18.1. The molecule has 4 aromatic rings. The lowest BCUT2D eigenvalue weighted by Gasteiger charge is -2.37. The molecule has 8 heteroatoms. The summed E-state index contributed by atoms with van der Waals surface area (Å²) in [5.41, 5.74) is 3.31. The van der Waals surface area contributed by atoms with Crippen molar-refractivity contribution in [3.8, 4) is 5.75 Å². The molecule has 0 aliphatic carbocycles. The van der Waals surface area contributed by atoms with Gasteiger partial charge in [0.1, 0.15) is 18.1 Å². The number of rotatable bonds is 9. The summed E-state index contributed by atoms with van der Waals surface area (Å²) < 4.78 is 16.7.